The summed E-state index contributed by atoms with van der Waals surface area (Å²) in [6, 6.07) is 5.36. The number of carbonyl (C=O) groups excluding carboxylic acids is 1. The Bertz CT molecular complexity index is 903. The molecule has 1 amide bonds. The van der Waals surface area contributed by atoms with E-state index in [0.29, 0.717) is 37.9 Å². The van der Waals surface area contributed by atoms with Crippen LogP contribution in [0.3, 0.4) is 0 Å². The molecule has 0 spiro atoms. The SMILES string of the molecule is O=C(C1CCC1)N1CCOCC1c1nccc(NCc2ccco2)n1.O=C(O)C(F)(F)F. The van der Waals surface area contributed by atoms with Crippen LogP contribution in [-0.2, 0) is 20.9 Å². The average molecular weight is 456 g/mol. The molecule has 4 rings (SSSR count). The van der Waals surface area contributed by atoms with Gasteiger partial charge in [-0.05, 0) is 31.0 Å². The number of nitrogens with zero attached hydrogens (tertiary/aromatic N) is 3. The molecule has 3 heterocycles. The molecule has 0 radical (unpaired) electrons. The summed E-state index contributed by atoms with van der Waals surface area (Å²) in [6.45, 7) is 2.17. The third-order valence-corrected chi connectivity index (χ3v) is 5.10. The van der Waals surface area contributed by atoms with E-state index >= 15 is 0 Å². The number of carboxylic acid groups (broad SMARTS) is 1. The molecule has 1 aliphatic heterocycles. The zero-order chi connectivity index (χ0) is 23.1. The second-order valence-electron chi connectivity index (χ2n) is 7.29. The number of anilines is 1. The largest absolute Gasteiger partial charge is 0.490 e. The number of morpholine rings is 1. The maximum atomic E-state index is 12.7. The van der Waals surface area contributed by atoms with Gasteiger partial charge in [-0.15, -0.1) is 0 Å². The van der Waals surface area contributed by atoms with Gasteiger partial charge in [-0.1, -0.05) is 6.42 Å². The van der Waals surface area contributed by atoms with Crippen LogP contribution in [0.15, 0.2) is 35.1 Å². The molecule has 12 heteroatoms. The molecule has 2 fully saturated rings. The van der Waals surface area contributed by atoms with Crippen molar-refractivity contribution >= 4 is 17.7 Å². The molecule has 174 valence electrons. The fourth-order valence-corrected chi connectivity index (χ4v) is 3.19. The van der Waals surface area contributed by atoms with Gasteiger partial charge in [-0.3, -0.25) is 4.79 Å². The van der Waals surface area contributed by atoms with E-state index in [1.165, 1.54) is 0 Å². The molecule has 9 nitrogen and oxygen atoms in total. The predicted molar refractivity (Wildman–Crippen MR) is 104 cm³/mol. The summed E-state index contributed by atoms with van der Waals surface area (Å²) in [5.74, 6) is -0.201. The van der Waals surface area contributed by atoms with E-state index in [2.05, 4.69) is 15.3 Å². The van der Waals surface area contributed by atoms with Gasteiger partial charge < -0.3 is 24.5 Å². The normalized spacial score (nSPS) is 18.8. The molecule has 1 saturated heterocycles. The molecule has 1 unspecified atom stereocenters. The summed E-state index contributed by atoms with van der Waals surface area (Å²) in [7, 11) is 0. The van der Waals surface area contributed by atoms with Gasteiger partial charge in [0.05, 0.1) is 26.0 Å². The maximum Gasteiger partial charge on any atom is 0.490 e. The van der Waals surface area contributed by atoms with Crippen molar-refractivity contribution in [3.63, 3.8) is 0 Å². The third-order valence-electron chi connectivity index (χ3n) is 5.10. The molecule has 0 bridgehead atoms. The number of alkyl halides is 3. The number of ether oxygens (including phenoxy) is 1. The van der Waals surface area contributed by atoms with E-state index in [4.69, 9.17) is 19.1 Å². The highest BCUT2D eigenvalue weighted by atomic mass is 19.4. The molecular weight excluding hydrogens is 433 g/mol. The van der Waals surface area contributed by atoms with Crippen LogP contribution < -0.4 is 5.32 Å². The third kappa shape index (κ3) is 6.19. The van der Waals surface area contributed by atoms with E-state index in [0.717, 1.165) is 25.0 Å². The second-order valence-corrected chi connectivity index (χ2v) is 7.29. The number of furan rings is 1. The fourth-order valence-electron chi connectivity index (χ4n) is 3.19. The minimum atomic E-state index is -5.08. The quantitative estimate of drug-likeness (QED) is 0.705. The van der Waals surface area contributed by atoms with Crippen molar-refractivity contribution in [2.75, 3.05) is 25.1 Å². The first kappa shape index (κ1) is 23.5. The predicted octanol–water partition coefficient (Wildman–Crippen LogP) is 3.02. The molecule has 32 heavy (non-hydrogen) atoms. The second kappa shape index (κ2) is 10.4. The molecule has 2 N–H and O–H groups in total. The highest BCUT2D eigenvalue weighted by molar-refractivity contribution is 5.80. The zero-order valence-electron chi connectivity index (χ0n) is 17.0. The molecule has 0 aromatic carbocycles. The monoisotopic (exact) mass is 456 g/mol. The van der Waals surface area contributed by atoms with Crippen molar-refractivity contribution in [1.82, 2.24) is 14.9 Å². The number of hydrogen-bond acceptors (Lipinski definition) is 7. The topological polar surface area (TPSA) is 118 Å². The number of nitrogens with one attached hydrogen (secondary N) is 1. The van der Waals surface area contributed by atoms with Crippen LogP contribution in [-0.4, -0.2) is 57.8 Å². The van der Waals surface area contributed by atoms with Crippen LogP contribution in [0.25, 0.3) is 0 Å². The van der Waals surface area contributed by atoms with Crippen molar-refractivity contribution in [3.05, 3.63) is 42.2 Å². The Morgan fingerprint density at radius 2 is 2.03 bits per heavy atom. The van der Waals surface area contributed by atoms with Crippen LogP contribution in [0, 0.1) is 5.92 Å². The van der Waals surface area contributed by atoms with Crippen LogP contribution in [0.5, 0.6) is 0 Å². The number of aromatic nitrogens is 2. The first-order valence-electron chi connectivity index (χ1n) is 10.0. The van der Waals surface area contributed by atoms with Gasteiger partial charge in [0, 0.05) is 18.7 Å². The number of hydrogen-bond donors (Lipinski definition) is 2. The number of amides is 1. The van der Waals surface area contributed by atoms with Gasteiger partial charge in [0.2, 0.25) is 5.91 Å². The number of aliphatic carboxylic acids is 1. The van der Waals surface area contributed by atoms with Gasteiger partial charge in [-0.2, -0.15) is 13.2 Å². The molecule has 2 aromatic rings. The molecule has 2 aliphatic rings. The fraction of sp³-hybridized carbons (Fsp3) is 0.500. The van der Waals surface area contributed by atoms with Crippen molar-refractivity contribution in [2.24, 2.45) is 5.92 Å². The summed E-state index contributed by atoms with van der Waals surface area (Å²) in [5, 5.41) is 10.4. The Hall–Kier alpha value is -3.15. The van der Waals surface area contributed by atoms with E-state index < -0.39 is 12.1 Å². The van der Waals surface area contributed by atoms with E-state index in [9.17, 15) is 18.0 Å². The summed E-state index contributed by atoms with van der Waals surface area (Å²) in [4.78, 5) is 32.5. The number of carboxylic acids is 1. The highest BCUT2D eigenvalue weighted by Crippen LogP contribution is 2.32. The van der Waals surface area contributed by atoms with Crippen LogP contribution in [0.2, 0.25) is 0 Å². The molecular formula is C20H23F3N4O5. The van der Waals surface area contributed by atoms with E-state index in [1.807, 2.05) is 23.1 Å². The lowest BCUT2D eigenvalue weighted by Crippen LogP contribution is -2.47. The minimum Gasteiger partial charge on any atom is -0.475 e. The standard InChI is InChI=1S/C18H22N4O3.C2HF3O2/c23-18(13-3-1-4-13)22-8-10-24-12-15(22)17-19-7-6-16(21-17)20-11-14-5-2-9-25-14;3-2(4,5)1(6)7/h2,5-7,9,13,15H,1,3-4,8,10-12H2,(H,19,20,21);(H,6,7). The average Bonchev–Trinajstić information content (AvgIpc) is 3.25. The van der Waals surface area contributed by atoms with Crippen molar-refractivity contribution in [1.29, 1.82) is 0 Å². The maximum absolute atomic E-state index is 12.7. The van der Waals surface area contributed by atoms with Gasteiger partial charge >= 0.3 is 12.1 Å². The molecule has 1 aliphatic carbocycles. The Kier molecular flexibility index (Phi) is 7.67. The lowest BCUT2D eigenvalue weighted by atomic mass is 9.84. The summed E-state index contributed by atoms with van der Waals surface area (Å²) in [5.41, 5.74) is 0. The Labute approximate surface area is 181 Å². The summed E-state index contributed by atoms with van der Waals surface area (Å²) >= 11 is 0. The molecule has 1 saturated carbocycles. The molecule has 2 aromatic heterocycles. The lowest BCUT2D eigenvalue weighted by molar-refractivity contribution is -0.192. The summed E-state index contributed by atoms with van der Waals surface area (Å²) < 4.78 is 42.7. The lowest BCUT2D eigenvalue weighted by Gasteiger charge is -2.38. The molecule has 1 atom stereocenters. The van der Waals surface area contributed by atoms with Gasteiger partial charge in [0.25, 0.3) is 0 Å². The smallest absolute Gasteiger partial charge is 0.475 e. The minimum absolute atomic E-state index is 0.167. The summed E-state index contributed by atoms with van der Waals surface area (Å²) in [6.07, 6.45) is 1.41. The number of carbonyl (C=O) groups is 2. The number of rotatable bonds is 5. The van der Waals surface area contributed by atoms with Gasteiger partial charge in [-0.25, -0.2) is 14.8 Å². The first-order valence-corrected chi connectivity index (χ1v) is 10.0. The number of halogens is 3. The van der Waals surface area contributed by atoms with Crippen LogP contribution in [0.1, 0.15) is 36.9 Å². The highest BCUT2D eigenvalue weighted by Gasteiger charge is 2.38. The first-order chi connectivity index (χ1) is 15.3. The zero-order valence-corrected chi connectivity index (χ0v) is 17.0. The Morgan fingerprint density at radius 1 is 1.28 bits per heavy atom. The van der Waals surface area contributed by atoms with E-state index in [-0.39, 0.29) is 17.9 Å². The Balaban J connectivity index is 0.000000360. The van der Waals surface area contributed by atoms with Crippen LogP contribution >= 0.6 is 0 Å². The van der Waals surface area contributed by atoms with Crippen molar-refractivity contribution < 1.29 is 37.0 Å². The van der Waals surface area contributed by atoms with E-state index in [1.54, 1.807) is 12.5 Å². The van der Waals surface area contributed by atoms with Crippen molar-refractivity contribution in [2.45, 2.75) is 38.0 Å². The Morgan fingerprint density at radius 3 is 2.62 bits per heavy atom. The van der Waals surface area contributed by atoms with Crippen LogP contribution in [0.4, 0.5) is 19.0 Å². The van der Waals surface area contributed by atoms with Gasteiger partial charge in [0.15, 0.2) is 5.82 Å². The van der Waals surface area contributed by atoms with Gasteiger partial charge in [0.1, 0.15) is 17.6 Å². The van der Waals surface area contributed by atoms with Crippen molar-refractivity contribution in [3.8, 4) is 0 Å².